The maximum absolute atomic E-state index is 11.4. The lowest BCUT2D eigenvalue weighted by molar-refractivity contribution is -0.137. The van der Waals surface area contributed by atoms with Gasteiger partial charge < -0.3 is 9.84 Å². The number of ether oxygens (including phenoxy) is 1. The van der Waals surface area contributed by atoms with Gasteiger partial charge >= 0.3 is 11.9 Å². The number of rotatable bonds is 5. The number of aliphatic carboxylic acids is 1. The first-order chi connectivity index (χ1) is 8.63. The highest BCUT2D eigenvalue weighted by Crippen LogP contribution is 2.15. The molecule has 0 spiro atoms. The first-order valence-electron chi connectivity index (χ1n) is 5.48. The van der Waals surface area contributed by atoms with E-state index in [0.29, 0.717) is 5.57 Å². The van der Waals surface area contributed by atoms with Crippen molar-refractivity contribution in [2.24, 2.45) is 0 Å². The fourth-order valence-corrected chi connectivity index (χ4v) is 1.33. The van der Waals surface area contributed by atoms with E-state index in [-0.39, 0.29) is 6.61 Å². The van der Waals surface area contributed by atoms with Crippen molar-refractivity contribution in [3.63, 3.8) is 0 Å². The number of hydrogen-bond donors (Lipinski definition) is 1. The normalized spacial score (nSPS) is 11.5. The Labute approximate surface area is 105 Å². The highest BCUT2D eigenvalue weighted by Gasteiger charge is 2.03. The minimum absolute atomic E-state index is 0.278. The van der Waals surface area contributed by atoms with Gasteiger partial charge in [0.25, 0.3) is 0 Å². The monoisotopic (exact) mass is 246 g/mol. The summed E-state index contributed by atoms with van der Waals surface area (Å²) in [5.41, 5.74) is 1.25. The van der Waals surface area contributed by atoms with Crippen LogP contribution in [0.2, 0.25) is 0 Å². The topological polar surface area (TPSA) is 63.6 Å². The molecular formula is C14H14O4. The second kappa shape index (κ2) is 7.06. The summed E-state index contributed by atoms with van der Waals surface area (Å²) < 4.78 is 4.80. The highest BCUT2D eigenvalue weighted by atomic mass is 16.5. The van der Waals surface area contributed by atoms with Crippen LogP contribution in [-0.4, -0.2) is 23.7 Å². The summed E-state index contributed by atoms with van der Waals surface area (Å²) in [5, 5.41) is 8.62. The van der Waals surface area contributed by atoms with E-state index in [4.69, 9.17) is 9.84 Å². The molecule has 4 nitrogen and oxygen atoms in total. The van der Waals surface area contributed by atoms with Crippen molar-refractivity contribution in [2.75, 3.05) is 6.61 Å². The zero-order valence-electron chi connectivity index (χ0n) is 10.00. The number of hydrogen-bond acceptors (Lipinski definition) is 3. The maximum Gasteiger partial charge on any atom is 0.331 e. The van der Waals surface area contributed by atoms with Gasteiger partial charge in [-0.15, -0.1) is 0 Å². The van der Waals surface area contributed by atoms with Crippen molar-refractivity contribution < 1.29 is 19.4 Å². The van der Waals surface area contributed by atoms with Gasteiger partial charge in [0.05, 0.1) is 6.61 Å². The average molecular weight is 246 g/mol. The molecule has 0 fully saturated rings. The van der Waals surface area contributed by atoms with E-state index in [0.717, 1.165) is 11.6 Å². The smallest absolute Gasteiger partial charge is 0.331 e. The summed E-state index contributed by atoms with van der Waals surface area (Å²) in [6.07, 6.45) is 3.63. The molecular weight excluding hydrogens is 232 g/mol. The molecule has 0 aliphatic rings. The number of esters is 1. The molecule has 0 saturated carbocycles. The van der Waals surface area contributed by atoms with Gasteiger partial charge in [0.1, 0.15) is 0 Å². The van der Waals surface area contributed by atoms with Crippen LogP contribution in [0.1, 0.15) is 12.5 Å². The van der Waals surface area contributed by atoms with Crippen molar-refractivity contribution in [1.82, 2.24) is 0 Å². The molecule has 4 heteroatoms. The van der Waals surface area contributed by atoms with E-state index in [2.05, 4.69) is 0 Å². The van der Waals surface area contributed by atoms with Crippen molar-refractivity contribution in [1.29, 1.82) is 0 Å². The highest BCUT2D eigenvalue weighted by molar-refractivity contribution is 5.96. The van der Waals surface area contributed by atoms with Crippen molar-refractivity contribution >= 4 is 17.5 Å². The molecule has 0 aliphatic carbocycles. The summed E-state index contributed by atoms with van der Waals surface area (Å²) in [4.78, 5) is 21.9. The van der Waals surface area contributed by atoms with Crippen LogP contribution in [-0.2, 0) is 14.3 Å². The van der Waals surface area contributed by atoms with E-state index in [1.54, 1.807) is 19.1 Å². The summed E-state index contributed by atoms with van der Waals surface area (Å²) in [7, 11) is 0. The van der Waals surface area contributed by atoms with Crippen LogP contribution in [0, 0.1) is 0 Å². The van der Waals surface area contributed by atoms with Crippen LogP contribution in [0.3, 0.4) is 0 Å². The molecule has 18 heavy (non-hydrogen) atoms. The lowest BCUT2D eigenvalue weighted by Crippen LogP contribution is -2.00. The molecule has 0 atom stereocenters. The van der Waals surface area contributed by atoms with E-state index in [9.17, 15) is 9.59 Å². The van der Waals surface area contributed by atoms with E-state index >= 15 is 0 Å². The third kappa shape index (κ3) is 4.65. The number of carbonyl (C=O) groups is 2. The summed E-state index contributed by atoms with van der Waals surface area (Å²) in [5.74, 6) is -1.56. The zero-order chi connectivity index (χ0) is 13.4. The molecule has 1 aromatic carbocycles. The van der Waals surface area contributed by atoms with Crippen molar-refractivity contribution in [2.45, 2.75) is 6.92 Å². The average Bonchev–Trinajstić information content (AvgIpc) is 2.35. The molecule has 1 N–H and O–H groups in total. The van der Waals surface area contributed by atoms with Crippen LogP contribution in [0.25, 0.3) is 5.57 Å². The second-order valence-electron chi connectivity index (χ2n) is 3.39. The van der Waals surface area contributed by atoms with E-state index in [1.807, 2.05) is 18.2 Å². The molecule has 0 aliphatic heterocycles. The number of benzene rings is 1. The first-order valence-corrected chi connectivity index (χ1v) is 5.48. The number of carboxylic acids is 1. The third-order valence-electron chi connectivity index (χ3n) is 2.07. The van der Waals surface area contributed by atoms with Gasteiger partial charge in [-0.25, -0.2) is 9.59 Å². The van der Waals surface area contributed by atoms with Crippen LogP contribution in [0.4, 0.5) is 0 Å². The minimum Gasteiger partial charge on any atom is -0.478 e. The quantitative estimate of drug-likeness (QED) is 0.492. The molecule has 0 saturated heterocycles. The Morgan fingerprint density at radius 1 is 1.22 bits per heavy atom. The Morgan fingerprint density at radius 3 is 2.44 bits per heavy atom. The largest absolute Gasteiger partial charge is 0.478 e. The van der Waals surface area contributed by atoms with Crippen LogP contribution >= 0.6 is 0 Å². The zero-order valence-corrected chi connectivity index (χ0v) is 10.00. The van der Waals surface area contributed by atoms with Crippen molar-refractivity contribution in [3.8, 4) is 0 Å². The van der Waals surface area contributed by atoms with Gasteiger partial charge in [-0.3, -0.25) is 0 Å². The third-order valence-corrected chi connectivity index (χ3v) is 2.07. The van der Waals surface area contributed by atoms with Crippen LogP contribution < -0.4 is 0 Å². The number of allylic oxidation sites excluding steroid dienone is 2. The van der Waals surface area contributed by atoms with E-state index < -0.39 is 11.9 Å². The van der Waals surface area contributed by atoms with E-state index in [1.165, 1.54) is 12.2 Å². The van der Waals surface area contributed by atoms with Crippen LogP contribution in [0.15, 0.2) is 48.6 Å². The van der Waals surface area contributed by atoms with Gasteiger partial charge in [0.15, 0.2) is 0 Å². The lowest BCUT2D eigenvalue weighted by atomic mass is 10.1. The fraction of sp³-hybridized carbons (Fsp3) is 0.143. The minimum atomic E-state index is -1.07. The summed E-state index contributed by atoms with van der Waals surface area (Å²) >= 11 is 0. The molecule has 94 valence electrons. The Morgan fingerprint density at radius 2 is 1.89 bits per heavy atom. The summed E-state index contributed by atoms with van der Waals surface area (Å²) in [6, 6.07) is 9.03. The van der Waals surface area contributed by atoms with Gasteiger partial charge in [-0.05, 0) is 24.1 Å². The lowest BCUT2D eigenvalue weighted by Gasteiger charge is -2.02. The standard InChI is InChI=1S/C14H14O4/c1-2-18-14(17)10-12(8-9-13(15)16)11-6-4-3-5-7-11/h3-10H,2H2,1H3,(H,15,16)/b9-8+,12-10-. The van der Waals surface area contributed by atoms with Crippen molar-refractivity contribution in [3.05, 3.63) is 54.1 Å². The Bertz CT molecular complexity index is 472. The van der Waals surface area contributed by atoms with Gasteiger partial charge in [0.2, 0.25) is 0 Å². The van der Waals surface area contributed by atoms with Gasteiger partial charge in [-0.2, -0.15) is 0 Å². The Balaban J connectivity index is 3.03. The summed E-state index contributed by atoms with van der Waals surface area (Å²) in [6.45, 7) is 1.99. The molecule has 0 aromatic heterocycles. The maximum atomic E-state index is 11.4. The second-order valence-corrected chi connectivity index (χ2v) is 3.39. The van der Waals surface area contributed by atoms with Crippen LogP contribution in [0.5, 0.6) is 0 Å². The molecule has 0 unspecified atom stereocenters. The molecule has 0 amide bonds. The molecule has 0 bridgehead atoms. The first kappa shape index (κ1) is 13.7. The molecule has 1 aromatic rings. The molecule has 1 rings (SSSR count). The number of carbonyl (C=O) groups excluding carboxylic acids is 1. The predicted molar refractivity (Wildman–Crippen MR) is 67.8 cm³/mol. The Kier molecular flexibility index (Phi) is 5.38. The molecule has 0 radical (unpaired) electrons. The van der Waals surface area contributed by atoms with Gasteiger partial charge in [-0.1, -0.05) is 30.3 Å². The van der Waals surface area contributed by atoms with Gasteiger partial charge in [0, 0.05) is 12.2 Å². The Hall–Kier alpha value is -2.36. The SMILES string of the molecule is CCOC(=O)/C=C(/C=C/C(=O)O)c1ccccc1. The fourth-order valence-electron chi connectivity index (χ4n) is 1.33. The predicted octanol–water partition coefficient (Wildman–Crippen LogP) is 2.27. The number of carboxylic acid groups (broad SMARTS) is 1. The molecule has 0 heterocycles.